The van der Waals surface area contributed by atoms with Gasteiger partial charge < -0.3 is 35.8 Å². The predicted octanol–water partition coefficient (Wildman–Crippen LogP) is 0.998. The van der Waals surface area contributed by atoms with E-state index in [0.29, 0.717) is 29.7 Å². The van der Waals surface area contributed by atoms with Crippen molar-refractivity contribution in [3.8, 4) is 0 Å². The Morgan fingerprint density at radius 1 is 1.10 bits per heavy atom. The molecule has 41 heavy (non-hydrogen) atoms. The first-order valence-corrected chi connectivity index (χ1v) is 13.4. The molecule has 4 amide bonds. The normalized spacial score (nSPS) is 19.1. The molecule has 13 nitrogen and oxygen atoms in total. The number of carboxylic acids is 1. The van der Waals surface area contributed by atoms with Crippen LogP contribution in [0.25, 0.3) is 10.9 Å². The second kappa shape index (κ2) is 11.5. The van der Waals surface area contributed by atoms with E-state index in [-0.39, 0.29) is 41.2 Å². The zero-order valence-corrected chi connectivity index (χ0v) is 22.9. The number of carbonyl (C=O) groups is 4. The van der Waals surface area contributed by atoms with Crippen LogP contribution in [0, 0.1) is 0 Å². The Morgan fingerprint density at radius 2 is 1.83 bits per heavy atom. The van der Waals surface area contributed by atoms with Crippen molar-refractivity contribution < 1.29 is 34.5 Å². The lowest BCUT2D eigenvalue weighted by Crippen LogP contribution is -2.51. The maximum Gasteiger partial charge on any atom is 0.328 e. The summed E-state index contributed by atoms with van der Waals surface area (Å²) in [4.78, 5) is 53.2. The van der Waals surface area contributed by atoms with Gasteiger partial charge in [0.25, 0.3) is 11.8 Å². The number of rotatable bonds is 6. The molecule has 5 rings (SSSR count). The molecular weight excluding hydrogens is 579 g/mol. The minimum atomic E-state index is -1.52. The van der Waals surface area contributed by atoms with Crippen molar-refractivity contribution in [3.05, 3.63) is 62.8 Å². The number of β-amino-alcohol motifs (C(OH)–C–C–N with tert-alkyl or cyclic N) is 2. The van der Waals surface area contributed by atoms with Crippen molar-refractivity contribution in [3.63, 3.8) is 0 Å². The fraction of sp³-hybridized carbons (Fsp3) is 0.346. The number of carboxylic acid groups (broad SMARTS) is 1. The van der Waals surface area contributed by atoms with Crippen molar-refractivity contribution in [1.29, 1.82) is 0 Å². The Hall–Kier alpha value is -3.91. The molecule has 3 aromatic rings. The number of likely N-dealkylation sites (tertiary alicyclic amines) is 1. The van der Waals surface area contributed by atoms with E-state index in [1.54, 1.807) is 29.3 Å². The number of nitrogens with zero attached hydrogens (tertiary/aromatic N) is 3. The molecule has 3 atom stereocenters. The van der Waals surface area contributed by atoms with Gasteiger partial charge in [-0.15, -0.1) is 0 Å². The first kappa shape index (κ1) is 28.6. The highest BCUT2D eigenvalue weighted by Crippen LogP contribution is 2.35. The predicted molar refractivity (Wildman–Crippen MR) is 147 cm³/mol. The third-order valence-electron chi connectivity index (χ3n) is 7.22. The smallest absolute Gasteiger partial charge is 0.328 e. The second-order valence-corrected chi connectivity index (χ2v) is 10.7. The minimum absolute atomic E-state index is 0.0207. The molecule has 0 aliphatic carbocycles. The highest BCUT2D eigenvalue weighted by molar-refractivity contribution is 6.40. The number of nitrogens with one attached hydrogen (secondary N) is 3. The number of H-pyrrole nitrogens is 1. The number of halogens is 2. The Kier molecular flexibility index (Phi) is 8.04. The lowest BCUT2D eigenvalue weighted by molar-refractivity contribution is -0.139. The van der Waals surface area contributed by atoms with Crippen molar-refractivity contribution in [2.45, 2.75) is 31.2 Å². The van der Waals surface area contributed by atoms with Crippen molar-refractivity contribution in [2.24, 2.45) is 0 Å². The summed E-state index contributed by atoms with van der Waals surface area (Å²) in [5, 5.41) is 41.3. The number of aliphatic hydroxyl groups excluding tert-OH is 2. The van der Waals surface area contributed by atoms with Crippen LogP contribution < -0.4 is 10.6 Å². The molecule has 1 aromatic heterocycles. The summed E-state index contributed by atoms with van der Waals surface area (Å²) in [5.41, 5.74) is 2.40. The minimum Gasteiger partial charge on any atom is -0.480 e. The standard InChI is InChI=1S/C26H26Cl2N6O7/c27-16-5-14-9-33(24(38)12-1-2-13-7-30-32-17(13)6-12)4-3-15(14)22(28)21(16)23(37)31-18(25(39)40)8-29-26(41)34-10-19(35)20(36)11-34/h1-2,5-7,18-20,35-36H,3-4,8-11H2,(H,29,41)(H,30,32)(H,31,37)(H,39,40)/t18-,19-,20+/m0/s1. The molecule has 3 heterocycles. The van der Waals surface area contributed by atoms with Gasteiger partial charge in [0.1, 0.15) is 6.04 Å². The quantitative estimate of drug-likeness (QED) is 0.240. The molecule has 2 aliphatic rings. The third kappa shape index (κ3) is 5.79. The van der Waals surface area contributed by atoms with Gasteiger partial charge >= 0.3 is 12.0 Å². The molecule has 2 aromatic carbocycles. The number of hydrogen-bond donors (Lipinski definition) is 6. The van der Waals surface area contributed by atoms with Crippen LogP contribution in [-0.2, 0) is 17.8 Å². The van der Waals surface area contributed by atoms with Crippen LogP contribution in [0.4, 0.5) is 4.79 Å². The van der Waals surface area contributed by atoms with Crippen LogP contribution in [0.2, 0.25) is 10.0 Å². The summed E-state index contributed by atoms with van der Waals surface area (Å²) in [6.07, 6.45) is -0.184. The molecule has 0 bridgehead atoms. The number of fused-ring (bicyclic) bond motifs is 2. The number of benzene rings is 2. The van der Waals surface area contributed by atoms with E-state index in [1.165, 1.54) is 6.07 Å². The Bertz CT molecular complexity index is 1540. The van der Waals surface area contributed by atoms with Crippen molar-refractivity contribution >= 4 is 57.9 Å². The molecule has 0 radical (unpaired) electrons. The third-order valence-corrected chi connectivity index (χ3v) is 7.93. The van der Waals surface area contributed by atoms with E-state index in [9.17, 15) is 34.5 Å². The maximum absolute atomic E-state index is 13.2. The first-order valence-electron chi connectivity index (χ1n) is 12.7. The number of aromatic amines is 1. The van der Waals surface area contributed by atoms with Crippen LogP contribution in [0.3, 0.4) is 0 Å². The molecule has 0 unspecified atom stereocenters. The van der Waals surface area contributed by atoms with E-state index in [0.717, 1.165) is 15.8 Å². The number of urea groups is 1. The molecular formula is C26H26Cl2N6O7. The van der Waals surface area contributed by atoms with Gasteiger partial charge in [-0.25, -0.2) is 9.59 Å². The number of aliphatic hydroxyl groups is 2. The van der Waals surface area contributed by atoms with E-state index in [2.05, 4.69) is 20.8 Å². The molecule has 15 heteroatoms. The van der Waals surface area contributed by atoms with Gasteiger partial charge in [0, 0.05) is 24.0 Å². The van der Waals surface area contributed by atoms with Crippen LogP contribution in [0.1, 0.15) is 31.8 Å². The van der Waals surface area contributed by atoms with E-state index in [4.69, 9.17) is 23.2 Å². The summed E-state index contributed by atoms with van der Waals surface area (Å²) in [5.74, 6) is -2.44. The van der Waals surface area contributed by atoms with E-state index < -0.39 is 42.7 Å². The summed E-state index contributed by atoms with van der Waals surface area (Å²) in [6.45, 7) is -0.150. The molecule has 216 valence electrons. The molecule has 0 saturated carbocycles. The van der Waals surface area contributed by atoms with Gasteiger partial charge in [-0.1, -0.05) is 29.3 Å². The fourth-order valence-corrected chi connectivity index (χ4v) is 5.72. The number of aromatic nitrogens is 2. The summed E-state index contributed by atoms with van der Waals surface area (Å²) in [6, 6.07) is 4.58. The molecule has 2 aliphatic heterocycles. The lowest BCUT2D eigenvalue weighted by Gasteiger charge is -2.30. The topological polar surface area (TPSA) is 188 Å². The maximum atomic E-state index is 13.2. The number of aliphatic carboxylic acids is 1. The summed E-state index contributed by atoms with van der Waals surface area (Å²) in [7, 11) is 0. The summed E-state index contributed by atoms with van der Waals surface area (Å²) < 4.78 is 0. The van der Waals surface area contributed by atoms with Gasteiger partial charge in [-0.3, -0.25) is 14.7 Å². The number of hydrogen-bond acceptors (Lipinski definition) is 7. The first-order chi connectivity index (χ1) is 19.5. The number of carbonyl (C=O) groups excluding carboxylic acids is 3. The van der Waals surface area contributed by atoms with E-state index >= 15 is 0 Å². The van der Waals surface area contributed by atoms with Crippen molar-refractivity contribution in [1.82, 2.24) is 30.6 Å². The average Bonchev–Trinajstić information content (AvgIpc) is 3.55. The average molecular weight is 605 g/mol. The zero-order valence-electron chi connectivity index (χ0n) is 21.4. The van der Waals surface area contributed by atoms with Gasteiger partial charge in [0.15, 0.2) is 0 Å². The fourth-order valence-electron chi connectivity index (χ4n) is 4.95. The SMILES string of the molecule is O=C(N[C@@H](CNC(=O)N1C[C@@H](O)[C@@H](O)C1)C(=O)O)c1c(Cl)cc2c(c1Cl)CCN(C(=O)c1ccc3cn[nH]c3c1)C2. The largest absolute Gasteiger partial charge is 0.480 e. The van der Waals surface area contributed by atoms with Gasteiger partial charge in [-0.05, 0) is 35.7 Å². The monoisotopic (exact) mass is 604 g/mol. The van der Waals surface area contributed by atoms with Crippen molar-refractivity contribution in [2.75, 3.05) is 26.2 Å². The molecule has 6 N–H and O–H groups in total. The van der Waals surface area contributed by atoms with Crippen LogP contribution in [0.5, 0.6) is 0 Å². The molecule has 1 fully saturated rings. The second-order valence-electron chi connectivity index (χ2n) is 9.92. The summed E-state index contributed by atoms with van der Waals surface area (Å²) >= 11 is 13.0. The van der Waals surface area contributed by atoms with Crippen LogP contribution >= 0.6 is 23.2 Å². The lowest BCUT2D eigenvalue weighted by atomic mass is 9.96. The van der Waals surface area contributed by atoms with Crippen LogP contribution in [0.15, 0.2) is 30.5 Å². The Balaban J connectivity index is 1.27. The molecule has 1 saturated heterocycles. The van der Waals surface area contributed by atoms with Crippen LogP contribution in [-0.4, -0.2) is 104 Å². The highest BCUT2D eigenvalue weighted by atomic mass is 35.5. The van der Waals surface area contributed by atoms with Gasteiger partial charge in [0.2, 0.25) is 0 Å². The zero-order chi connectivity index (χ0) is 29.4. The van der Waals surface area contributed by atoms with Gasteiger partial charge in [-0.2, -0.15) is 5.10 Å². The van der Waals surface area contributed by atoms with E-state index in [1.807, 2.05) is 0 Å². The highest BCUT2D eigenvalue weighted by Gasteiger charge is 2.34. The number of amides is 4. The van der Waals surface area contributed by atoms with Gasteiger partial charge in [0.05, 0.1) is 59.2 Å². The Labute approximate surface area is 243 Å². The Morgan fingerprint density at radius 3 is 2.54 bits per heavy atom. The molecule has 0 spiro atoms.